The van der Waals surface area contributed by atoms with Crippen LogP contribution in [0, 0.1) is 50.4 Å². The fraction of sp³-hybridized carbons (Fsp3) is 0.0606. The Balaban J connectivity index is 1.19. The second kappa shape index (κ2) is 15.4. The maximum atomic E-state index is 11.9. The van der Waals surface area contributed by atoms with Gasteiger partial charge in [0.1, 0.15) is 0 Å². The molecule has 338 valence electrons. The first kappa shape index (κ1) is 41.4. The van der Waals surface area contributed by atoms with Crippen LogP contribution in [0.1, 0.15) is 33.4 Å². The summed E-state index contributed by atoms with van der Waals surface area (Å²) >= 11 is 0. The predicted molar refractivity (Wildman–Crippen MR) is 298 cm³/mol. The molecule has 4 aromatic heterocycles. The number of aryl methyl sites for hydroxylation is 4. The second-order valence-corrected chi connectivity index (χ2v) is 19.5. The Morgan fingerprint density at radius 3 is 0.847 bits per heavy atom. The van der Waals surface area contributed by atoms with Crippen molar-refractivity contribution >= 4 is 87.2 Å². The summed E-state index contributed by atoms with van der Waals surface area (Å²) in [7, 11) is 0. The lowest BCUT2D eigenvalue weighted by atomic mass is 9.91. The van der Waals surface area contributed by atoms with Gasteiger partial charge in [-0.05, 0) is 125 Å². The molecule has 6 nitrogen and oxygen atoms in total. The van der Waals surface area contributed by atoms with Gasteiger partial charge in [-0.25, -0.2) is 0 Å². The summed E-state index contributed by atoms with van der Waals surface area (Å²) in [4.78, 5) is 0. The SMILES string of the molecule is Cc1ccc2c(c1)c1ccccc1n2-c1cc(C#N)c(-c2c(C#N)cc(-n3c4ccccc4c4cc(C)ccc43)cc2-n2c3ccccc3c3cc(C)ccc32)c(-n2c3ccccc3c3cc(C)ccc32)c1. The summed E-state index contributed by atoms with van der Waals surface area (Å²) in [5, 5.41) is 32.8. The van der Waals surface area contributed by atoms with Gasteiger partial charge in [0.05, 0.1) is 78.8 Å². The molecule has 4 heterocycles. The Morgan fingerprint density at radius 1 is 0.278 bits per heavy atom. The fourth-order valence-corrected chi connectivity index (χ4v) is 12.0. The average Bonchev–Trinajstić information content (AvgIpc) is 4.12. The molecule has 6 heteroatoms. The van der Waals surface area contributed by atoms with E-state index in [4.69, 9.17) is 0 Å². The van der Waals surface area contributed by atoms with Crippen LogP contribution in [0.4, 0.5) is 0 Å². The van der Waals surface area contributed by atoms with Crippen LogP contribution >= 0.6 is 0 Å². The van der Waals surface area contributed by atoms with Crippen molar-refractivity contribution in [3.05, 3.63) is 228 Å². The van der Waals surface area contributed by atoms with Crippen molar-refractivity contribution in [3.8, 4) is 46.0 Å². The highest BCUT2D eigenvalue weighted by atomic mass is 15.0. The van der Waals surface area contributed by atoms with Gasteiger partial charge < -0.3 is 18.3 Å². The van der Waals surface area contributed by atoms with Crippen molar-refractivity contribution in [2.24, 2.45) is 0 Å². The van der Waals surface area contributed by atoms with Crippen LogP contribution in [0.3, 0.4) is 0 Å². The molecule has 72 heavy (non-hydrogen) atoms. The highest BCUT2D eigenvalue weighted by Crippen LogP contribution is 2.47. The molecular formula is C66H44N6. The summed E-state index contributed by atoms with van der Waals surface area (Å²) in [5.41, 5.74) is 18.4. The number of nitriles is 2. The van der Waals surface area contributed by atoms with Gasteiger partial charge in [-0.2, -0.15) is 10.5 Å². The first-order chi connectivity index (χ1) is 35.3. The minimum absolute atomic E-state index is 0.452. The van der Waals surface area contributed by atoms with E-state index in [0.717, 1.165) is 121 Å². The van der Waals surface area contributed by atoms with Gasteiger partial charge in [0.25, 0.3) is 0 Å². The van der Waals surface area contributed by atoms with Crippen molar-refractivity contribution in [1.29, 1.82) is 10.5 Å². The van der Waals surface area contributed by atoms with E-state index in [-0.39, 0.29) is 0 Å². The van der Waals surface area contributed by atoms with E-state index in [9.17, 15) is 10.5 Å². The van der Waals surface area contributed by atoms with Crippen LogP contribution in [-0.2, 0) is 0 Å². The largest absolute Gasteiger partial charge is 0.309 e. The van der Waals surface area contributed by atoms with Crippen molar-refractivity contribution in [2.45, 2.75) is 27.7 Å². The fourth-order valence-electron chi connectivity index (χ4n) is 12.0. The third kappa shape index (κ3) is 5.87. The number of hydrogen-bond donors (Lipinski definition) is 0. The molecule has 0 spiro atoms. The third-order valence-corrected chi connectivity index (χ3v) is 15.0. The van der Waals surface area contributed by atoms with Crippen molar-refractivity contribution in [1.82, 2.24) is 18.3 Å². The van der Waals surface area contributed by atoms with Gasteiger partial charge in [0, 0.05) is 65.6 Å². The molecule has 0 amide bonds. The van der Waals surface area contributed by atoms with E-state index in [0.29, 0.717) is 22.3 Å². The molecule has 0 bridgehead atoms. The molecular weight excluding hydrogens is 877 g/mol. The quantitative estimate of drug-likeness (QED) is 0.173. The molecule has 0 unspecified atom stereocenters. The Bertz CT molecular complexity index is 4460. The van der Waals surface area contributed by atoms with Crippen LogP contribution in [0.2, 0.25) is 0 Å². The summed E-state index contributed by atoms with van der Waals surface area (Å²) in [6.07, 6.45) is 0. The number of benzene rings is 10. The zero-order valence-electron chi connectivity index (χ0n) is 40.2. The summed E-state index contributed by atoms with van der Waals surface area (Å²) in [6.45, 7) is 8.53. The van der Waals surface area contributed by atoms with Crippen LogP contribution in [0.5, 0.6) is 0 Å². The maximum Gasteiger partial charge on any atom is 0.0999 e. The van der Waals surface area contributed by atoms with Crippen LogP contribution in [-0.4, -0.2) is 18.3 Å². The third-order valence-electron chi connectivity index (χ3n) is 15.0. The molecule has 0 saturated carbocycles. The number of nitrogens with zero attached hydrogens (tertiary/aromatic N) is 6. The first-order valence-corrected chi connectivity index (χ1v) is 24.5. The van der Waals surface area contributed by atoms with E-state index < -0.39 is 0 Å². The van der Waals surface area contributed by atoms with E-state index in [1.54, 1.807) is 0 Å². The molecule has 14 aromatic rings. The van der Waals surface area contributed by atoms with Gasteiger partial charge in [0.15, 0.2) is 0 Å². The average molecular weight is 921 g/mol. The molecule has 0 atom stereocenters. The molecule has 0 aliphatic carbocycles. The first-order valence-electron chi connectivity index (χ1n) is 24.5. The molecule has 0 N–H and O–H groups in total. The summed E-state index contributed by atoms with van der Waals surface area (Å²) < 4.78 is 9.24. The van der Waals surface area contributed by atoms with Crippen LogP contribution in [0.15, 0.2) is 194 Å². The van der Waals surface area contributed by atoms with Crippen LogP contribution < -0.4 is 0 Å². The van der Waals surface area contributed by atoms with Crippen molar-refractivity contribution in [3.63, 3.8) is 0 Å². The summed E-state index contributed by atoms with van der Waals surface area (Å²) in [6, 6.07) is 74.6. The van der Waals surface area contributed by atoms with Gasteiger partial charge in [0.2, 0.25) is 0 Å². The molecule has 0 radical (unpaired) electrons. The van der Waals surface area contributed by atoms with Crippen molar-refractivity contribution < 1.29 is 0 Å². The lowest BCUT2D eigenvalue weighted by molar-refractivity contribution is 1.11. The van der Waals surface area contributed by atoms with E-state index in [1.165, 1.54) is 11.1 Å². The smallest absolute Gasteiger partial charge is 0.0999 e. The molecule has 14 rings (SSSR count). The lowest BCUT2D eigenvalue weighted by Gasteiger charge is -2.23. The summed E-state index contributed by atoms with van der Waals surface area (Å²) in [5.74, 6) is 0. The highest BCUT2D eigenvalue weighted by molar-refractivity contribution is 6.14. The minimum atomic E-state index is 0.452. The number of rotatable bonds is 5. The molecule has 10 aromatic carbocycles. The highest BCUT2D eigenvalue weighted by Gasteiger charge is 2.29. The lowest BCUT2D eigenvalue weighted by Crippen LogP contribution is -2.08. The minimum Gasteiger partial charge on any atom is -0.309 e. The second-order valence-electron chi connectivity index (χ2n) is 19.5. The topological polar surface area (TPSA) is 67.3 Å². The Morgan fingerprint density at radius 2 is 0.542 bits per heavy atom. The Labute approximate surface area is 415 Å². The number of para-hydroxylation sites is 4. The zero-order valence-corrected chi connectivity index (χ0v) is 40.2. The Kier molecular flexibility index (Phi) is 8.87. The Hall–Kier alpha value is -9.62. The van der Waals surface area contributed by atoms with Crippen LogP contribution in [0.25, 0.3) is 121 Å². The normalized spacial score (nSPS) is 11.9. The standard InChI is InChI=1S/C66H44N6/c1-39-21-25-59-51(29-39)47-13-5-9-17-55(47)69(59)45-33-43(37-67)65(63(35-45)71-57-19-11-7-15-49(57)53-31-41(3)23-27-61(53)71)66-44(38-68)34-46(70-56-18-10-6-14-48(56)52-30-40(2)22-26-60(52)70)36-64(66)72-58-20-12-8-16-50(58)54-32-42(4)24-28-62(54)72/h5-36H,1-4H3. The van der Waals surface area contributed by atoms with Crippen molar-refractivity contribution in [2.75, 3.05) is 0 Å². The molecule has 0 aliphatic rings. The maximum absolute atomic E-state index is 11.9. The van der Waals surface area contributed by atoms with E-state index >= 15 is 0 Å². The molecule has 0 saturated heterocycles. The van der Waals surface area contributed by atoms with Gasteiger partial charge in [-0.1, -0.05) is 119 Å². The molecule has 0 fully saturated rings. The predicted octanol–water partition coefficient (Wildman–Crippen LogP) is 16.7. The van der Waals surface area contributed by atoms with E-state index in [2.05, 4.69) is 240 Å². The van der Waals surface area contributed by atoms with Gasteiger partial charge in [-0.15, -0.1) is 0 Å². The number of hydrogen-bond acceptors (Lipinski definition) is 2. The van der Waals surface area contributed by atoms with Gasteiger partial charge in [-0.3, -0.25) is 0 Å². The molecule has 0 aliphatic heterocycles. The monoisotopic (exact) mass is 920 g/mol. The number of fused-ring (bicyclic) bond motifs is 12. The zero-order chi connectivity index (χ0) is 48.5. The van der Waals surface area contributed by atoms with Gasteiger partial charge >= 0.3 is 0 Å². The number of aromatic nitrogens is 4. The van der Waals surface area contributed by atoms with E-state index in [1.807, 2.05) is 12.1 Å².